The molecule has 4 rings (SSSR count). The zero-order valence-electron chi connectivity index (χ0n) is 14.8. The minimum absolute atomic E-state index is 0.0895. The fourth-order valence-corrected chi connectivity index (χ4v) is 3.65. The smallest absolute Gasteiger partial charge is 0.232 e. The number of Topliss-reactive ketones (excluding diaryl/α,β-unsaturated/α-hetero) is 1. The first kappa shape index (κ1) is 17.3. The molecule has 0 aliphatic carbocycles. The van der Waals surface area contributed by atoms with Crippen molar-refractivity contribution in [2.24, 2.45) is 0 Å². The Morgan fingerprint density at radius 1 is 1.11 bits per heavy atom. The number of aryl methyl sites for hydroxylation is 1. The van der Waals surface area contributed by atoms with E-state index in [1.54, 1.807) is 29.5 Å². The number of rotatable bonds is 5. The zero-order valence-corrected chi connectivity index (χ0v) is 15.7. The maximum Gasteiger partial charge on any atom is 0.232 e. The second-order valence-electron chi connectivity index (χ2n) is 6.19. The molecule has 0 N–H and O–H groups in total. The highest BCUT2D eigenvalue weighted by atomic mass is 32.1. The lowest BCUT2D eigenvalue weighted by Crippen LogP contribution is -1.97. The summed E-state index contributed by atoms with van der Waals surface area (Å²) in [5.41, 5.74) is 2.83. The van der Waals surface area contributed by atoms with Crippen LogP contribution in [0.2, 0.25) is 0 Å². The van der Waals surface area contributed by atoms with Gasteiger partial charge in [0.15, 0.2) is 5.76 Å². The van der Waals surface area contributed by atoms with E-state index >= 15 is 0 Å². The number of benzene rings is 2. The predicted octanol–water partition coefficient (Wildman–Crippen LogP) is 5.76. The van der Waals surface area contributed by atoms with Gasteiger partial charge < -0.3 is 9.47 Å². The number of carbonyl (C=O) groups excluding carboxylic acids is 1. The molecular formula is C23H18O3S. The Hall–Kier alpha value is -3.11. The first-order chi connectivity index (χ1) is 13.2. The number of thiophene rings is 1. The van der Waals surface area contributed by atoms with E-state index in [9.17, 15) is 4.79 Å². The van der Waals surface area contributed by atoms with Crippen molar-refractivity contribution in [1.29, 1.82) is 0 Å². The van der Waals surface area contributed by atoms with Crippen LogP contribution in [0.1, 0.15) is 26.4 Å². The van der Waals surface area contributed by atoms with E-state index in [2.05, 4.69) is 0 Å². The molecule has 0 bridgehead atoms. The summed E-state index contributed by atoms with van der Waals surface area (Å²) in [5.74, 6) is 1.49. The lowest BCUT2D eigenvalue weighted by Gasteiger charge is -2.04. The van der Waals surface area contributed by atoms with Gasteiger partial charge in [0, 0.05) is 17.0 Å². The minimum Gasteiger partial charge on any atom is -0.489 e. The maximum atomic E-state index is 12.5. The second-order valence-corrected chi connectivity index (χ2v) is 7.14. The molecule has 134 valence electrons. The molecule has 2 heterocycles. The minimum atomic E-state index is -0.0895. The summed E-state index contributed by atoms with van der Waals surface area (Å²) < 4.78 is 11.5. The second kappa shape index (κ2) is 7.64. The van der Waals surface area contributed by atoms with Crippen LogP contribution in [-0.2, 0) is 0 Å². The van der Waals surface area contributed by atoms with Crippen LogP contribution in [0.15, 0.2) is 71.8 Å². The molecular weight excluding hydrogens is 356 g/mol. The Morgan fingerprint density at radius 3 is 2.74 bits per heavy atom. The summed E-state index contributed by atoms with van der Waals surface area (Å²) in [7, 11) is 0. The van der Waals surface area contributed by atoms with E-state index in [1.165, 1.54) is 0 Å². The molecule has 4 heteroatoms. The van der Waals surface area contributed by atoms with Gasteiger partial charge in [0.2, 0.25) is 5.78 Å². The van der Waals surface area contributed by atoms with Crippen LogP contribution in [0.3, 0.4) is 0 Å². The van der Waals surface area contributed by atoms with Gasteiger partial charge in [-0.2, -0.15) is 0 Å². The van der Waals surface area contributed by atoms with Crippen molar-refractivity contribution in [2.45, 2.75) is 6.92 Å². The highest BCUT2D eigenvalue weighted by Gasteiger charge is 2.28. The summed E-state index contributed by atoms with van der Waals surface area (Å²) in [6.07, 6.45) is 5.78. The molecule has 1 aliphatic rings. The number of allylic oxidation sites excluding steroid dienone is 1. The van der Waals surface area contributed by atoms with E-state index in [0.717, 1.165) is 16.0 Å². The van der Waals surface area contributed by atoms with Crippen LogP contribution in [-0.4, -0.2) is 12.4 Å². The molecule has 27 heavy (non-hydrogen) atoms. The van der Waals surface area contributed by atoms with E-state index in [1.807, 2.05) is 66.9 Å². The highest BCUT2D eigenvalue weighted by molar-refractivity contribution is 7.11. The SMILES string of the molecule is Cc1ccsc1C=C1Oc2cc(OCC=Cc3ccccc3)ccc2C1=O. The number of ether oxygens (including phenoxy) is 2. The van der Waals surface area contributed by atoms with Gasteiger partial charge in [-0.25, -0.2) is 0 Å². The van der Waals surface area contributed by atoms with Gasteiger partial charge in [-0.1, -0.05) is 36.4 Å². The summed E-state index contributed by atoms with van der Waals surface area (Å²) in [6, 6.07) is 17.4. The number of carbonyl (C=O) groups is 1. The Kier molecular flexibility index (Phi) is 4.90. The first-order valence-corrected chi connectivity index (χ1v) is 9.55. The van der Waals surface area contributed by atoms with Crippen LogP contribution in [0.4, 0.5) is 0 Å². The van der Waals surface area contributed by atoms with Gasteiger partial charge in [0.25, 0.3) is 0 Å². The van der Waals surface area contributed by atoms with Crippen LogP contribution >= 0.6 is 11.3 Å². The van der Waals surface area contributed by atoms with Gasteiger partial charge in [-0.15, -0.1) is 11.3 Å². The molecule has 3 aromatic rings. The van der Waals surface area contributed by atoms with E-state index in [-0.39, 0.29) is 5.78 Å². The van der Waals surface area contributed by atoms with Crippen molar-refractivity contribution in [3.8, 4) is 11.5 Å². The van der Waals surface area contributed by atoms with Gasteiger partial charge in [-0.05, 0) is 47.7 Å². The third-order valence-corrected chi connectivity index (χ3v) is 5.23. The molecule has 1 aromatic heterocycles. The summed E-state index contributed by atoms with van der Waals surface area (Å²) in [6.45, 7) is 2.46. The van der Waals surface area contributed by atoms with Crippen molar-refractivity contribution in [1.82, 2.24) is 0 Å². The monoisotopic (exact) mass is 374 g/mol. The van der Waals surface area contributed by atoms with Gasteiger partial charge >= 0.3 is 0 Å². The average Bonchev–Trinajstić information content (AvgIpc) is 3.23. The molecule has 2 aromatic carbocycles. The fourth-order valence-electron chi connectivity index (χ4n) is 2.80. The summed E-state index contributed by atoms with van der Waals surface area (Å²) in [4.78, 5) is 13.6. The summed E-state index contributed by atoms with van der Waals surface area (Å²) in [5, 5.41) is 2.00. The lowest BCUT2D eigenvalue weighted by atomic mass is 10.1. The highest BCUT2D eigenvalue weighted by Crippen LogP contribution is 2.35. The molecule has 0 spiro atoms. The first-order valence-electron chi connectivity index (χ1n) is 8.67. The maximum absolute atomic E-state index is 12.5. The van der Waals surface area contributed by atoms with Gasteiger partial charge in [0.05, 0.1) is 5.56 Å². The van der Waals surface area contributed by atoms with Crippen LogP contribution in [0.5, 0.6) is 11.5 Å². The summed E-state index contributed by atoms with van der Waals surface area (Å²) >= 11 is 1.59. The topological polar surface area (TPSA) is 35.5 Å². The third kappa shape index (κ3) is 3.86. The fraction of sp³-hybridized carbons (Fsp3) is 0.0870. The van der Waals surface area contributed by atoms with Crippen molar-refractivity contribution >= 4 is 29.3 Å². The number of hydrogen-bond acceptors (Lipinski definition) is 4. The normalized spacial score (nSPS) is 14.6. The number of fused-ring (bicyclic) bond motifs is 1. The molecule has 0 atom stereocenters. The Morgan fingerprint density at radius 2 is 1.96 bits per heavy atom. The average molecular weight is 374 g/mol. The molecule has 1 aliphatic heterocycles. The van der Waals surface area contributed by atoms with Crippen LogP contribution in [0, 0.1) is 6.92 Å². The standard InChI is InChI=1S/C23H18O3S/c1-16-11-13-27-22(16)15-21-23(24)19-10-9-18(14-20(19)26-21)25-12-5-8-17-6-3-2-4-7-17/h2-11,13-15H,12H2,1H3. The van der Waals surface area contributed by atoms with Gasteiger partial charge in [0.1, 0.15) is 18.1 Å². The quantitative estimate of drug-likeness (QED) is 0.532. The molecule has 3 nitrogen and oxygen atoms in total. The van der Waals surface area contributed by atoms with Crippen molar-refractivity contribution in [3.63, 3.8) is 0 Å². The van der Waals surface area contributed by atoms with Crippen molar-refractivity contribution in [2.75, 3.05) is 6.61 Å². The molecule has 0 saturated heterocycles. The predicted molar refractivity (Wildman–Crippen MR) is 109 cm³/mol. The van der Waals surface area contributed by atoms with Crippen LogP contribution < -0.4 is 9.47 Å². The Labute approximate surface area is 162 Å². The van der Waals surface area contributed by atoms with Crippen molar-refractivity contribution < 1.29 is 14.3 Å². The Balaban J connectivity index is 1.44. The van der Waals surface area contributed by atoms with Crippen molar-refractivity contribution in [3.05, 3.63) is 93.4 Å². The van der Waals surface area contributed by atoms with Gasteiger partial charge in [-0.3, -0.25) is 4.79 Å². The number of ketones is 1. The molecule has 0 saturated carbocycles. The van der Waals surface area contributed by atoms with E-state index < -0.39 is 0 Å². The van der Waals surface area contributed by atoms with E-state index in [0.29, 0.717) is 29.4 Å². The van der Waals surface area contributed by atoms with Crippen LogP contribution in [0.25, 0.3) is 12.2 Å². The Bertz CT molecular complexity index is 1030. The third-order valence-electron chi connectivity index (χ3n) is 4.26. The molecule has 0 fully saturated rings. The zero-order chi connectivity index (χ0) is 18.6. The number of hydrogen-bond donors (Lipinski definition) is 0. The molecule has 0 radical (unpaired) electrons. The lowest BCUT2D eigenvalue weighted by molar-refractivity contribution is 0.101. The molecule has 0 unspecified atom stereocenters. The molecule has 0 amide bonds. The van der Waals surface area contributed by atoms with E-state index in [4.69, 9.17) is 9.47 Å². The largest absolute Gasteiger partial charge is 0.489 e.